The number of ether oxygens (including phenoxy) is 2. The van der Waals surface area contributed by atoms with Crippen LogP contribution >= 0.6 is 0 Å². The Balaban J connectivity index is 1.47. The summed E-state index contributed by atoms with van der Waals surface area (Å²) in [7, 11) is 1.69. The molecule has 0 N–H and O–H groups in total. The number of hydrogen-bond donors (Lipinski definition) is 0. The number of nitrogens with zero attached hydrogens (tertiary/aromatic N) is 2. The molecule has 4 nitrogen and oxygen atoms in total. The highest BCUT2D eigenvalue weighted by molar-refractivity contribution is 5.80. The summed E-state index contributed by atoms with van der Waals surface area (Å²) in [6.45, 7) is 5.80. The Kier molecular flexibility index (Phi) is 6.03. The van der Waals surface area contributed by atoms with Gasteiger partial charge in [-0.15, -0.1) is 0 Å². The van der Waals surface area contributed by atoms with Crippen LogP contribution in [0.2, 0.25) is 0 Å². The van der Waals surface area contributed by atoms with E-state index in [-0.39, 0.29) is 0 Å². The molecule has 154 valence electrons. The second-order valence-corrected chi connectivity index (χ2v) is 7.63. The number of imidazole rings is 1. The van der Waals surface area contributed by atoms with Crippen molar-refractivity contribution in [1.29, 1.82) is 0 Å². The third-order valence-electron chi connectivity index (χ3n) is 5.38. The zero-order valence-corrected chi connectivity index (χ0v) is 17.9. The van der Waals surface area contributed by atoms with Crippen LogP contribution in [0.4, 0.5) is 0 Å². The molecule has 4 aromatic rings. The molecule has 0 aliphatic carbocycles. The third kappa shape index (κ3) is 4.33. The maximum absolute atomic E-state index is 6.03. The molecule has 0 fully saturated rings. The van der Waals surface area contributed by atoms with E-state index >= 15 is 0 Å². The van der Waals surface area contributed by atoms with Crippen molar-refractivity contribution in [3.05, 3.63) is 77.9 Å². The van der Waals surface area contributed by atoms with Crippen molar-refractivity contribution in [2.45, 2.75) is 33.2 Å². The number of unbranched alkanes of at least 4 members (excludes halogenated alkanes) is 1. The molecule has 0 saturated heterocycles. The summed E-state index contributed by atoms with van der Waals surface area (Å²) in [6.07, 6.45) is 2.01. The number of benzene rings is 3. The van der Waals surface area contributed by atoms with Crippen LogP contribution in [0, 0.1) is 13.8 Å². The van der Waals surface area contributed by atoms with Crippen LogP contribution < -0.4 is 9.47 Å². The lowest BCUT2D eigenvalue weighted by molar-refractivity contribution is 0.301. The highest BCUT2D eigenvalue weighted by atomic mass is 16.5. The smallest absolute Gasteiger partial charge is 0.141 e. The molecular weight excluding hydrogens is 372 g/mol. The quantitative estimate of drug-likeness (QED) is 0.331. The lowest BCUT2D eigenvalue weighted by Gasteiger charge is -2.12. The normalized spacial score (nSPS) is 11.0. The molecule has 0 bridgehead atoms. The van der Waals surface area contributed by atoms with Crippen molar-refractivity contribution < 1.29 is 9.47 Å². The molecule has 1 aromatic heterocycles. The van der Waals surface area contributed by atoms with E-state index in [1.54, 1.807) is 7.11 Å². The Hall–Kier alpha value is -3.27. The van der Waals surface area contributed by atoms with E-state index in [4.69, 9.17) is 14.5 Å². The Bertz CT molecular complexity index is 1130. The topological polar surface area (TPSA) is 36.3 Å². The number of aromatic nitrogens is 2. The number of para-hydroxylation sites is 2. The fraction of sp³-hybridized carbons (Fsp3) is 0.269. The first-order valence-corrected chi connectivity index (χ1v) is 10.5. The Morgan fingerprint density at radius 2 is 1.70 bits per heavy atom. The molecule has 0 radical (unpaired) electrons. The molecule has 1 heterocycles. The minimum atomic E-state index is 0.717. The molecule has 0 saturated carbocycles. The zero-order chi connectivity index (χ0) is 20.9. The first-order valence-electron chi connectivity index (χ1n) is 10.5. The molecule has 0 atom stereocenters. The number of fused-ring (bicyclic) bond motifs is 1. The van der Waals surface area contributed by atoms with Gasteiger partial charge in [0, 0.05) is 12.1 Å². The maximum atomic E-state index is 6.03. The molecule has 0 unspecified atom stereocenters. The van der Waals surface area contributed by atoms with Gasteiger partial charge in [-0.05, 0) is 80.3 Å². The van der Waals surface area contributed by atoms with Crippen LogP contribution in [0.3, 0.4) is 0 Å². The molecule has 4 rings (SSSR count). The number of aryl methyl sites for hydroxylation is 3. The van der Waals surface area contributed by atoms with E-state index in [1.807, 2.05) is 18.2 Å². The fourth-order valence-corrected chi connectivity index (χ4v) is 3.68. The van der Waals surface area contributed by atoms with E-state index in [2.05, 4.69) is 66.9 Å². The molecular formula is C26H28N2O2. The largest absolute Gasteiger partial charge is 0.497 e. The molecule has 0 aliphatic rings. The van der Waals surface area contributed by atoms with Crippen molar-refractivity contribution >= 4 is 11.0 Å². The average molecular weight is 401 g/mol. The molecule has 30 heavy (non-hydrogen) atoms. The van der Waals surface area contributed by atoms with Gasteiger partial charge in [0.2, 0.25) is 0 Å². The number of rotatable bonds is 8. The van der Waals surface area contributed by atoms with Gasteiger partial charge in [0.05, 0.1) is 24.8 Å². The van der Waals surface area contributed by atoms with Gasteiger partial charge in [-0.3, -0.25) is 0 Å². The van der Waals surface area contributed by atoms with E-state index in [0.717, 1.165) is 54.4 Å². The van der Waals surface area contributed by atoms with Gasteiger partial charge in [0.25, 0.3) is 0 Å². The Morgan fingerprint density at radius 1 is 0.900 bits per heavy atom. The number of hydrogen-bond acceptors (Lipinski definition) is 3. The van der Waals surface area contributed by atoms with Gasteiger partial charge in [-0.2, -0.15) is 0 Å². The van der Waals surface area contributed by atoms with Crippen LogP contribution in [0.15, 0.2) is 66.7 Å². The first kappa shape index (κ1) is 20.0. The van der Waals surface area contributed by atoms with Crippen LogP contribution in [0.5, 0.6) is 11.5 Å². The van der Waals surface area contributed by atoms with Gasteiger partial charge in [-0.25, -0.2) is 4.98 Å². The lowest BCUT2D eigenvalue weighted by atomic mass is 10.1. The molecule has 0 aliphatic heterocycles. The van der Waals surface area contributed by atoms with Crippen LogP contribution in [0.25, 0.3) is 22.4 Å². The van der Waals surface area contributed by atoms with Crippen LogP contribution in [0.1, 0.15) is 24.0 Å². The molecule has 3 aromatic carbocycles. The maximum Gasteiger partial charge on any atom is 0.141 e. The van der Waals surface area contributed by atoms with Gasteiger partial charge >= 0.3 is 0 Å². The first-order chi connectivity index (χ1) is 14.7. The standard InChI is InChI=1S/C26H28N2O2/c1-19-10-11-20(2)25(18-19)30-17-7-6-16-28-24-9-5-4-8-23(24)27-26(28)21-12-14-22(29-3)15-13-21/h4-5,8-15,18H,6-7,16-17H2,1-3H3. The van der Waals surface area contributed by atoms with Gasteiger partial charge in [-0.1, -0.05) is 24.3 Å². The fourth-order valence-electron chi connectivity index (χ4n) is 3.68. The summed E-state index contributed by atoms with van der Waals surface area (Å²) in [6, 6.07) is 22.8. The van der Waals surface area contributed by atoms with Crippen molar-refractivity contribution in [2.24, 2.45) is 0 Å². The van der Waals surface area contributed by atoms with Crippen molar-refractivity contribution in [2.75, 3.05) is 13.7 Å². The Labute approximate surface area is 178 Å². The average Bonchev–Trinajstić information content (AvgIpc) is 3.14. The summed E-state index contributed by atoms with van der Waals surface area (Å²) in [5.74, 6) is 2.83. The van der Waals surface area contributed by atoms with Gasteiger partial charge in [0.15, 0.2) is 0 Å². The van der Waals surface area contributed by atoms with E-state index in [0.29, 0.717) is 0 Å². The molecule has 0 spiro atoms. The second-order valence-electron chi connectivity index (χ2n) is 7.63. The molecule has 0 amide bonds. The van der Waals surface area contributed by atoms with E-state index < -0.39 is 0 Å². The minimum Gasteiger partial charge on any atom is -0.497 e. The summed E-state index contributed by atoms with van der Waals surface area (Å²) in [4.78, 5) is 4.90. The van der Waals surface area contributed by atoms with E-state index in [9.17, 15) is 0 Å². The van der Waals surface area contributed by atoms with Crippen LogP contribution in [-0.4, -0.2) is 23.3 Å². The highest BCUT2D eigenvalue weighted by Gasteiger charge is 2.12. The second kappa shape index (κ2) is 9.04. The third-order valence-corrected chi connectivity index (χ3v) is 5.38. The van der Waals surface area contributed by atoms with Crippen molar-refractivity contribution in [1.82, 2.24) is 9.55 Å². The van der Waals surface area contributed by atoms with Crippen molar-refractivity contribution in [3.63, 3.8) is 0 Å². The number of methoxy groups -OCH3 is 1. The predicted molar refractivity (Wildman–Crippen MR) is 122 cm³/mol. The summed E-state index contributed by atoms with van der Waals surface area (Å²) in [5.41, 5.74) is 5.69. The van der Waals surface area contributed by atoms with Gasteiger partial charge < -0.3 is 14.0 Å². The Morgan fingerprint density at radius 3 is 2.50 bits per heavy atom. The van der Waals surface area contributed by atoms with Gasteiger partial charge in [0.1, 0.15) is 17.3 Å². The minimum absolute atomic E-state index is 0.717. The summed E-state index contributed by atoms with van der Waals surface area (Å²) >= 11 is 0. The lowest BCUT2D eigenvalue weighted by Crippen LogP contribution is -2.04. The highest BCUT2D eigenvalue weighted by Crippen LogP contribution is 2.27. The van der Waals surface area contributed by atoms with Crippen LogP contribution in [-0.2, 0) is 6.54 Å². The SMILES string of the molecule is COc1ccc(-c2nc3ccccc3n2CCCCOc2cc(C)ccc2C)cc1. The zero-order valence-electron chi connectivity index (χ0n) is 17.9. The summed E-state index contributed by atoms with van der Waals surface area (Å²) in [5, 5.41) is 0. The monoisotopic (exact) mass is 400 g/mol. The summed E-state index contributed by atoms with van der Waals surface area (Å²) < 4.78 is 13.6. The van der Waals surface area contributed by atoms with E-state index in [1.165, 1.54) is 16.6 Å². The molecule has 4 heteroatoms. The predicted octanol–water partition coefficient (Wildman–Crippen LogP) is 6.19. The van der Waals surface area contributed by atoms with Crippen molar-refractivity contribution in [3.8, 4) is 22.9 Å².